The second kappa shape index (κ2) is 7.09. The van der Waals surface area contributed by atoms with Crippen LogP contribution in [-0.4, -0.2) is 32.4 Å². The summed E-state index contributed by atoms with van der Waals surface area (Å²) >= 11 is 0. The van der Waals surface area contributed by atoms with Gasteiger partial charge in [-0.05, 0) is 48.9 Å². The van der Waals surface area contributed by atoms with Crippen LogP contribution in [0.3, 0.4) is 0 Å². The zero-order valence-corrected chi connectivity index (χ0v) is 15.4. The highest BCUT2D eigenvalue weighted by atomic mass is 32.2. The van der Waals surface area contributed by atoms with Gasteiger partial charge >= 0.3 is 0 Å². The molecule has 0 fully saturated rings. The highest BCUT2D eigenvalue weighted by Gasteiger charge is 2.20. The fraction of sp³-hybridized carbons (Fsp3) is 0.167. The SMILES string of the molecule is COc1cc(C)c(S(=O)(=O)Nc2ccc(-n3cccn3)cc2)cc1OC. The van der Waals surface area contributed by atoms with Crippen molar-refractivity contribution >= 4 is 15.7 Å². The van der Waals surface area contributed by atoms with E-state index in [1.165, 1.54) is 20.3 Å². The summed E-state index contributed by atoms with van der Waals surface area (Å²) < 4.78 is 40.2. The molecule has 1 N–H and O–H groups in total. The molecule has 26 heavy (non-hydrogen) atoms. The van der Waals surface area contributed by atoms with E-state index in [2.05, 4.69) is 9.82 Å². The average Bonchev–Trinajstić information content (AvgIpc) is 3.16. The number of nitrogens with one attached hydrogen (secondary N) is 1. The lowest BCUT2D eigenvalue weighted by atomic mass is 10.2. The molecule has 2 aromatic carbocycles. The lowest BCUT2D eigenvalue weighted by Crippen LogP contribution is -2.14. The topological polar surface area (TPSA) is 82.5 Å². The van der Waals surface area contributed by atoms with Gasteiger partial charge in [-0.25, -0.2) is 13.1 Å². The van der Waals surface area contributed by atoms with Crippen molar-refractivity contribution < 1.29 is 17.9 Å². The third kappa shape index (κ3) is 3.50. The van der Waals surface area contributed by atoms with E-state index in [0.717, 1.165) is 5.69 Å². The Kier molecular flexibility index (Phi) is 4.85. The van der Waals surface area contributed by atoms with Crippen molar-refractivity contribution in [3.8, 4) is 17.2 Å². The molecule has 136 valence electrons. The van der Waals surface area contributed by atoms with Crippen LogP contribution in [-0.2, 0) is 10.0 Å². The van der Waals surface area contributed by atoms with Crippen molar-refractivity contribution in [1.82, 2.24) is 9.78 Å². The highest BCUT2D eigenvalue weighted by Crippen LogP contribution is 2.33. The summed E-state index contributed by atoms with van der Waals surface area (Å²) in [4.78, 5) is 0.131. The molecule has 1 heterocycles. The monoisotopic (exact) mass is 373 g/mol. The van der Waals surface area contributed by atoms with Crippen LogP contribution in [0.2, 0.25) is 0 Å². The number of sulfonamides is 1. The van der Waals surface area contributed by atoms with Crippen LogP contribution in [0.5, 0.6) is 11.5 Å². The van der Waals surface area contributed by atoms with E-state index in [4.69, 9.17) is 9.47 Å². The van der Waals surface area contributed by atoms with Gasteiger partial charge in [-0.1, -0.05) is 0 Å². The molecule has 0 atom stereocenters. The van der Waals surface area contributed by atoms with E-state index in [1.54, 1.807) is 48.1 Å². The number of rotatable bonds is 6. The Morgan fingerprint density at radius 1 is 1.04 bits per heavy atom. The molecule has 0 unspecified atom stereocenters. The van der Waals surface area contributed by atoms with E-state index in [1.807, 2.05) is 12.3 Å². The molecule has 0 spiro atoms. The zero-order valence-electron chi connectivity index (χ0n) is 14.6. The third-order valence-electron chi connectivity index (χ3n) is 3.86. The summed E-state index contributed by atoms with van der Waals surface area (Å²) in [5.74, 6) is 0.833. The maximum absolute atomic E-state index is 12.8. The highest BCUT2D eigenvalue weighted by molar-refractivity contribution is 7.92. The maximum Gasteiger partial charge on any atom is 0.262 e. The minimum atomic E-state index is -3.78. The van der Waals surface area contributed by atoms with Crippen molar-refractivity contribution in [1.29, 1.82) is 0 Å². The van der Waals surface area contributed by atoms with Gasteiger partial charge in [0.15, 0.2) is 11.5 Å². The first-order chi connectivity index (χ1) is 12.4. The second-order valence-electron chi connectivity index (χ2n) is 5.58. The van der Waals surface area contributed by atoms with Crippen molar-refractivity contribution in [2.24, 2.45) is 0 Å². The van der Waals surface area contributed by atoms with Crippen molar-refractivity contribution in [2.75, 3.05) is 18.9 Å². The zero-order chi connectivity index (χ0) is 18.7. The maximum atomic E-state index is 12.8. The van der Waals surface area contributed by atoms with Gasteiger partial charge in [0.1, 0.15) is 0 Å². The van der Waals surface area contributed by atoms with Crippen molar-refractivity contribution in [3.63, 3.8) is 0 Å². The Hall–Kier alpha value is -3.00. The van der Waals surface area contributed by atoms with Gasteiger partial charge in [0.05, 0.1) is 24.8 Å². The molecule has 0 aliphatic heterocycles. The number of aryl methyl sites for hydroxylation is 1. The normalized spacial score (nSPS) is 11.2. The van der Waals surface area contributed by atoms with E-state index < -0.39 is 10.0 Å². The lowest BCUT2D eigenvalue weighted by molar-refractivity contribution is 0.353. The number of hydrogen-bond donors (Lipinski definition) is 1. The van der Waals surface area contributed by atoms with Crippen LogP contribution in [0, 0.1) is 6.92 Å². The van der Waals surface area contributed by atoms with Gasteiger partial charge in [0.25, 0.3) is 10.0 Å². The lowest BCUT2D eigenvalue weighted by Gasteiger charge is -2.14. The summed E-state index contributed by atoms with van der Waals surface area (Å²) in [7, 11) is -0.808. The Bertz CT molecular complexity index is 998. The van der Waals surface area contributed by atoms with Gasteiger partial charge in [-0.15, -0.1) is 0 Å². The van der Waals surface area contributed by atoms with E-state index in [9.17, 15) is 8.42 Å². The number of nitrogens with zero attached hydrogens (tertiary/aromatic N) is 2. The van der Waals surface area contributed by atoms with Crippen molar-refractivity contribution in [2.45, 2.75) is 11.8 Å². The summed E-state index contributed by atoms with van der Waals surface area (Å²) in [5, 5.41) is 4.14. The third-order valence-corrected chi connectivity index (χ3v) is 5.38. The molecule has 0 amide bonds. The number of benzene rings is 2. The quantitative estimate of drug-likeness (QED) is 0.718. The molecule has 3 aromatic rings. The predicted molar refractivity (Wildman–Crippen MR) is 98.7 cm³/mol. The Balaban J connectivity index is 1.89. The molecule has 0 bridgehead atoms. The molecule has 1 aromatic heterocycles. The Morgan fingerprint density at radius 2 is 1.69 bits per heavy atom. The van der Waals surface area contributed by atoms with Gasteiger partial charge in [0, 0.05) is 24.1 Å². The first-order valence-electron chi connectivity index (χ1n) is 7.80. The van der Waals surface area contributed by atoms with Crippen LogP contribution >= 0.6 is 0 Å². The number of anilines is 1. The number of hydrogen-bond acceptors (Lipinski definition) is 5. The van der Waals surface area contributed by atoms with E-state index in [0.29, 0.717) is 22.7 Å². The Morgan fingerprint density at radius 3 is 2.27 bits per heavy atom. The van der Waals surface area contributed by atoms with Gasteiger partial charge < -0.3 is 9.47 Å². The molecule has 8 heteroatoms. The molecule has 0 aliphatic rings. The van der Waals surface area contributed by atoms with Crippen LogP contribution in [0.1, 0.15) is 5.56 Å². The molecular formula is C18H19N3O4S. The molecular weight excluding hydrogens is 354 g/mol. The van der Waals surface area contributed by atoms with Crippen LogP contribution in [0.4, 0.5) is 5.69 Å². The van der Waals surface area contributed by atoms with Crippen LogP contribution in [0.15, 0.2) is 59.8 Å². The minimum absolute atomic E-state index is 0.131. The van der Waals surface area contributed by atoms with E-state index in [-0.39, 0.29) is 4.90 Å². The molecule has 0 aliphatic carbocycles. The first-order valence-corrected chi connectivity index (χ1v) is 9.28. The molecule has 0 radical (unpaired) electrons. The largest absolute Gasteiger partial charge is 0.493 e. The number of aromatic nitrogens is 2. The van der Waals surface area contributed by atoms with Crippen molar-refractivity contribution in [3.05, 3.63) is 60.4 Å². The second-order valence-corrected chi connectivity index (χ2v) is 7.23. The molecule has 7 nitrogen and oxygen atoms in total. The summed E-state index contributed by atoms with van der Waals surface area (Å²) in [5.41, 5.74) is 1.85. The molecule has 3 rings (SSSR count). The van der Waals surface area contributed by atoms with E-state index >= 15 is 0 Å². The van der Waals surface area contributed by atoms with Crippen LogP contribution < -0.4 is 14.2 Å². The van der Waals surface area contributed by atoms with Gasteiger partial charge in [-0.3, -0.25) is 4.72 Å². The predicted octanol–water partition coefficient (Wildman–Crippen LogP) is 3.00. The number of methoxy groups -OCH3 is 2. The average molecular weight is 373 g/mol. The summed E-state index contributed by atoms with van der Waals surface area (Å²) in [6.07, 6.45) is 3.49. The molecule has 0 saturated carbocycles. The fourth-order valence-corrected chi connectivity index (χ4v) is 3.87. The minimum Gasteiger partial charge on any atom is -0.493 e. The van der Waals surface area contributed by atoms with Gasteiger partial charge in [0.2, 0.25) is 0 Å². The van der Waals surface area contributed by atoms with Crippen LogP contribution in [0.25, 0.3) is 5.69 Å². The number of ether oxygens (including phenoxy) is 2. The smallest absolute Gasteiger partial charge is 0.262 e. The summed E-state index contributed by atoms with van der Waals surface area (Å²) in [6.45, 7) is 1.71. The summed E-state index contributed by atoms with van der Waals surface area (Å²) in [6, 6.07) is 11.8. The molecule has 0 saturated heterocycles. The van der Waals surface area contributed by atoms with Gasteiger partial charge in [-0.2, -0.15) is 5.10 Å². The first kappa shape index (κ1) is 17.8. The standard InChI is InChI=1S/C18H19N3O4S/c1-13-11-16(24-2)17(25-3)12-18(13)26(22,23)20-14-5-7-15(8-6-14)21-10-4-9-19-21/h4-12,20H,1-3H3. The Labute approximate surface area is 152 Å². The fourth-order valence-electron chi connectivity index (χ4n) is 2.57.